The molecule has 10 heteroatoms. The molecule has 5 rings (SSSR count). The highest BCUT2D eigenvalue weighted by molar-refractivity contribution is 6.07. The van der Waals surface area contributed by atoms with Crippen LogP contribution in [0.1, 0.15) is 11.5 Å². The number of halogens is 3. The maximum Gasteiger partial charge on any atom is 0.453 e. The van der Waals surface area contributed by atoms with E-state index in [1.54, 1.807) is 6.92 Å². The summed E-state index contributed by atoms with van der Waals surface area (Å²) in [5.41, 5.74) is 1.55. The molecule has 32 heavy (non-hydrogen) atoms. The van der Waals surface area contributed by atoms with E-state index in [1.165, 1.54) is 10.6 Å². The number of aromatic nitrogens is 5. The molecule has 0 saturated carbocycles. The maximum atomic E-state index is 13.1. The fourth-order valence-electron chi connectivity index (χ4n) is 4.13. The zero-order chi connectivity index (χ0) is 22.6. The number of aliphatic hydroxyl groups excluding tert-OH is 1. The molecule has 0 saturated heterocycles. The van der Waals surface area contributed by atoms with Gasteiger partial charge >= 0.3 is 6.18 Å². The van der Waals surface area contributed by atoms with E-state index in [-0.39, 0.29) is 18.9 Å². The largest absolute Gasteiger partial charge is 0.453 e. The molecule has 0 spiro atoms. The summed E-state index contributed by atoms with van der Waals surface area (Å²) in [5, 5.41) is 16.3. The van der Waals surface area contributed by atoms with E-state index >= 15 is 0 Å². The number of hydrogen-bond donors (Lipinski definition) is 1. The average Bonchev–Trinajstić information content (AvgIpc) is 3.33. The summed E-state index contributed by atoms with van der Waals surface area (Å²) >= 11 is 0. The Balaban J connectivity index is 1.56. The number of para-hydroxylation sites is 2. The number of aryl methyl sites for hydroxylation is 1. The third-order valence-corrected chi connectivity index (χ3v) is 5.52. The average molecular weight is 441 g/mol. The Morgan fingerprint density at radius 3 is 2.12 bits per heavy atom. The minimum atomic E-state index is -4.79. The highest BCUT2D eigenvalue weighted by Crippen LogP contribution is 2.29. The van der Waals surface area contributed by atoms with Crippen LogP contribution < -0.4 is 5.56 Å². The summed E-state index contributed by atoms with van der Waals surface area (Å²) in [6.45, 7) is 1.72. The lowest BCUT2D eigenvalue weighted by atomic mass is 10.2. The number of rotatable bonds is 4. The normalized spacial score (nSPS) is 13.4. The highest BCUT2D eigenvalue weighted by Gasteiger charge is 2.37. The second-order valence-corrected chi connectivity index (χ2v) is 7.68. The molecule has 0 unspecified atom stereocenters. The molecule has 7 nitrogen and oxygen atoms in total. The highest BCUT2D eigenvalue weighted by atomic mass is 19.4. The quantitative estimate of drug-likeness (QED) is 0.464. The van der Waals surface area contributed by atoms with Gasteiger partial charge in [0.25, 0.3) is 11.4 Å². The van der Waals surface area contributed by atoms with E-state index in [0.717, 1.165) is 21.8 Å². The van der Waals surface area contributed by atoms with Gasteiger partial charge < -0.3 is 14.2 Å². The Morgan fingerprint density at radius 2 is 1.53 bits per heavy atom. The fraction of sp³-hybridized carbons (Fsp3) is 0.227. The molecule has 164 valence electrons. The zero-order valence-corrected chi connectivity index (χ0v) is 16.9. The Morgan fingerprint density at radius 1 is 0.969 bits per heavy atom. The number of fused-ring (bicyclic) bond motifs is 4. The van der Waals surface area contributed by atoms with Crippen molar-refractivity contribution in [2.75, 3.05) is 0 Å². The van der Waals surface area contributed by atoms with Gasteiger partial charge in [0.05, 0.1) is 19.2 Å². The number of nitrogens with zero attached hydrogens (tertiary/aromatic N) is 5. The first-order valence-corrected chi connectivity index (χ1v) is 9.92. The van der Waals surface area contributed by atoms with Crippen LogP contribution in [0.15, 0.2) is 59.4 Å². The lowest BCUT2D eigenvalue weighted by Crippen LogP contribution is -2.27. The lowest BCUT2D eigenvalue weighted by molar-refractivity contribution is -0.144. The Kier molecular flexibility index (Phi) is 4.55. The van der Waals surface area contributed by atoms with Gasteiger partial charge in [-0.15, -0.1) is 5.10 Å². The van der Waals surface area contributed by atoms with E-state index in [2.05, 4.69) is 10.1 Å². The molecular formula is C22H18F3N5O2. The predicted molar refractivity (Wildman–Crippen MR) is 112 cm³/mol. The molecule has 0 bridgehead atoms. The number of aliphatic hydroxyl groups is 1. The molecular weight excluding hydrogens is 423 g/mol. The van der Waals surface area contributed by atoms with E-state index in [9.17, 15) is 23.1 Å². The van der Waals surface area contributed by atoms with Crippen LogP contribution in [0, 0.1) is 6.92 Å². The molecule has 1 atom stereocenters. The Bertz CT molecular complexity index is 1480. The molecule has 5 aromatic rings. The molecule has 3 aromatic heterocycles. The molecule has 3 heterocycles. The maximum absolute atomic E-state index is 13.1. The number of benzene rings is 2. The minimum absolute atomic E-state index is 0.0631. The third-order valence-electron chi connectivity index (χ3n) is 5.52. The van der Waals surface area contributed by atoms with Gasteiger partial charge in [0.1, 0.15) is 0 Å². The first-order chi connectivity index (χ1) is 15.2. The van der Waals surface area contributed by atoms with Crippen molar-refractivity contribution in [1.29, 1.82) is 0 Å². The standard InChI is InChI=1S/C22H18F3N5O2/c1-13-10-19(32)30-21(26-20(27-30)22(23,24)25)28(13)11-14(31)12-29-17-8-4-2-6-15(17)16-7-3-5-9-18(16)29/h2-10,14,31H,11-12H2,1H3/t14-/m1/s1. The van der Waals surface area contributed by atoms with E-state index in [1.807, 2.05) is 53.1 Å². The first-order valence-electron chi connectivity index (χ1n) is 9.92. The summed E-state index contributed by atoms with van der Waals surface area (Å²) in [4.78, 5) is 15.7. The van der Waals surface area contributed by atoms with E-state index in [0.29, 0.717) is 10.2 Å². The number of alkyl halides is 3. The van der Waals surface area contributed by atoms with Gasteiger partial charge in [0.15, 0.2) is 0 Å². The van der Waals surface area contributed by atoms with Crippen molar-refractivity contribution < 1.29 is 18.3 Å². The summed E-state index contributed by atoms with van der Waals surface area (Å²) in [5.74, 6) is -1.66. The van der Waals surface area contributed by atoms with Crippen LogP contribution in [0.5, 0.6) is 0 Å². The van der Waals surface area contributed by atoms with Crippen molar-refractivity contribution in [3.8, 4) is 0 Å². The second kappa shape index (κ2) is 7.20. The Hall–Kier alpha value is -3.66. The van der Waals surface area contributed by atoms with Crippen molar-refractivity contribution in [1.82, 2.24) is 23.7 Å². The monoisotopic (exact) mass is 441 g/mol. The third kappa shape index (κ3) is 3.23. The number of hydrogen-bond acceptors (Lipinski definition) is 4. The molecule has 0 aliphatic carbocycles. The van der Waals surface area contributed by atoms with Crippen LogP contribution in [-0.4, -0.2) is 34.9 Å². The Labute approximate surface area is 179 Å². The molecule has 1 N–H and O–H groups in total. The zero-order valence-electron chi connectivity index (χ0n) is 16.9. The molecule has 2 aromatic carbocycles. The lowest BCUT2D eigenvalue weighted by Gasteiger charge is -2.18. The fourth-order valence-corrected chi connectivity index (χ4v) is 4.13. The van der Waals surface area contributed by atoms with E-state index < -0.39 is 23.7 Å². The smallest absolute Gasteiger partial charge is 0.389 e. The van der Waals surface area contributed by atoms with Crippen LogP contribution >= 0.6 is 0 Å². The minimum Gasteiger partial charge on any atom is -0.389 e. The second-order valence-electron chi connectivity index (χ2n) is 7.68. The van der Waals surface area contributed by atoms with Gasteiger partial charge in [-0.2, -0.15) is 22.7 Å². The predicted octanol–water partition coefficient (Wildman–Crippen LogP) is 3.39. The summed E-state index contributed by atoms with van der Waals surface area (Å²) in [6, 6.07) is 16.8. The molecule has 0 amide bonds. The van der Waals surface area contributed by atoms with Gasteiger partial charge in [0, 0.05) is 33.6 Å². The summed E-state index contributed by atoms with van der Waals surface area (Å²) in [7, 11) is 0. The van der Waals surface area contributed by atoms with E-state index in [4.69, 9.17) is 0 Å². The van der Waals surface area contributed by atoms with Gasteiger partial charge in [-0.1, -0.05) is 36.4 Å². The van der Waals surface area contributed by atoms with Crippen molar-refractivity contribution >= 4 is 27.6 Å². The van der Waals surface area contributed by atoms with Gasteiger partial charge in [-0.25, -0.2) is 0 Å². The summed E-state index contributed by atoms with van der Waals surface area (Å²) < 4.78 is 43.3. The molecule has 0 fully saturated rings. The van der Waals surface area contributed by atoms with Crippen molar-refractivity contribution in [2.24, 2.45) is 0 Å². The first kappa shape index (κ1) is 20.3. The van der Waals surface area contributed by atoms with Crippen LogP contribution in [0.25, 0.3) is 27.6 Å². The molecule has 0 aliphatic rings. The van der Waals surface area contributed by atoms with Crippen LogP contribution in [0.4, 0.5) is 13.2 Å². The topological polar surface area (TPSA) is 77.3 Å². The van der Waals surface area contributed by atoms with Gasteiger partial charge in [0.2, 0.25) is 5.78 Å². The summed E-state index contributed by atoms with van der Waals surface area (Å²) in [6.07, 6.45) is -5.75. The van der Waals surface area contributed by atoms with Crippen molar-refractivity contribution in [3.05, 3.63) is 76.5 Å². The van der Waals surface area contributed by atoms with Gasteiger partial charge in [-0.3, -0.25) is 4.79 Å². The van der Waals surface area contributed by atoms with Gasteiger partial charge in [-0.05, 0) is 19.1 Å². The van der Waals surface area contributed by atoms with Crippen molar-refractivity contribution in [3.63, 3.8) is 0 Å². The van der Waals surface area contributed by atoms with Crippen molar-refractivity contribution in [2.45, 2.75) is 32.3 Å². The molecule has 0 radical (unpaired) electrons. The van der Waals surface area contributed by atoms with Crippen LogP contribution in [-0.2, 0) is 19.3 Å². The SMILES string of the molecule is Cc1cc(=O)n2nc(C(F)(F)F)nc2n1C[C@@H](O)Cn1c2ccccc2c2ccccc21. The van der Waals surface area contributed by atoms with Crippen LogP contribution in [0.2, 0.25) is 0 Å². The van der Waals surface area contributed by atoms with Crippen LogP contribution in [0.3, 0.4) is 0 Å². The molecule has 0 aliphatic heterocycles.